The van der Waals surface area contributed by atoms with Crippen LogP contribution in [-0.2, 0) is 0 Å². The highest BCUT2D eigenvalue weighted by molar-refractivity contribution is 6.05. The number of nitrogens with two attached hydrogens (primary N) is 1. The molecule has 3 rings (SSSR count). The number of benzene rings is 2. The van der Waals surface area contributed by atoms with E-state index in [1.807, 2.05) is 31.2 Å². The van der Waals surface area contributed by atoms with Gasteiger partial charge < -0.3 is 20.2 Å². The molecule has 0 atom stereocenters. The van der Waals surface area contributed by atoms with E-state index in [1.54, 1.807) is 31.4 Å². The fraction of sp³-hybridized carbons (Fsp3) is 0.100. The third-order valence-corrected chi connectivity index (χ3v) is 3.88. The number of carbonyl (C=O) groups excluding carboxylic acids is 1. The number of para-hydroxylation sites is 1. The Morgan fingerprint density at radius 1 is 1.22 bits per heavy atom. The lowest BCUT2D eigenvalue weighted by Crippen LogP contribution is -2.14. The van der Waals surface area contributed by atoms with Gasteiger partial charge in [0, 0.05) is 11.1 Å². The van der Waals surface area contributed by atoms with Crippen molar-refractivity contribution in [2.45, 2.75) is 6.92 Å². The average Bonchev–Trinajstić information content (AvgIpc) is 3.11. The number of anilines is 1. The highest BCUT2D eigenvalue weighted by Gasteiger charge is 2.15. The Bertz CT molecular complexity index is 1020. The molecule has 1 amide bonds. The number of nitrogens with zero attached hydrogens (tertiary/aromatic N) is 1. The molecule has 2 aromatic carbocycles. The summed E-state index contributed by atoms with van der Waals surface area (Å²) >= 11 is 0. The summed E-state index contributed by atoms with van der Waals surface area (Å²) in [7, 11) is 1.56. The molecule has 0 aliphatic carbocycles. The lowest BCUT2D eigenvalue weighted by molar-refractivity contribution is 0.0998. The maximum Gasteiger partial charge on any atom is 0.291 e. The first kappa shape index (κ1) is 18.1. The first-order valence-electron chi connectivity index (χ1n) is 8.21. The van der Waals surface area contributed by atoms with Crippen molar-refractivity contribution in [1.29, 1.82) is 0 Å². The normalized spacial score (nSPS) is 11.3. The zero-order valence-corrected chi connectivity index (χ0v) is 15.1. The molecule has 7 heteroatoms. The van der Waals surface area contributed by atoms with E-state index >= 15 is 0 Å². The Hall–Kier alpha value is -3.74. The van der Waals surface area contributed by atoms with E-state index in [0.29, 0.717) is 17.0 Å². The Morgan fingerprint density at radius 2 is 1.96 bits per heavy atom. The SMILES string of the molecule is C=C(N)N/N=C(/C)c1ccc(NC(=O)c2cc3cccc(OC)c3o2)cc1. The lowest BCUT2D eigenvalue weighted by Gasteiger charge is -2.06. The van der Waals surface area contributed by atoms with E-state index in [9.17, 15) is 4.79 Å². The molecule has 27 heavy (non-hydrogen) atoms. The van der Waals surface area contributed by atoms with Crippen molar-refractivity contribution in [3.8, 4) is 5.75 Å². The molecule has 4 N–H and O–H groups in total. The van der Waals surface area contributed by atoms with Crippen LogP contribution in [-0.4, -0.2) is 18.7 Å². The number of furan rings is 1. The van der Waals surface area contributed by atoms with E-state index in [2.05, 4.69) is 22.4 Å². The molecule has 0 saturated heterocycles. The van der Waals surface area contributed by atoms with Gasteiger partial charge >= 0.3 is 0 Å². The second-order valence-corrected chi connectivity index (χ2v) is 5.86. The van der Waals surface area contributed by atoms with Crippen LogP contribution in [0.4, 0.5) is 5.69 Å². The predicted molar refractivity (Wildman–Crippen MR) is 106 cm³/mol. The summed E-state index contributed by atoms with van der Waals surface area (Å²) in [5, 5.41) is 7.71. The van der Waals surface area contributed by atoms with Crippen molar-refractivity contribution in [3.63, 3.8) is 0 Å². The highest BCUT2D eigenvalue weighted by atomic mass is 16.5. The largest absolute Gasteiger partial charge is 0.493 e. The van der Waals surface area contributed by atoms with Crippen molar-refractivity contribution >= 4 is 28.3 Å². The number of rotatable bonds is 6. The summed E-state index contributed by atoms with van der Waals surface area (Å²) in [6.07, 6.45) is 0. The van der Waals surface area contributed by atoms with Crippen molar-refractivity contribution < 1.29 is 13.9 Å². The molecular weight excluding hydrogens is 344 g/mol. The van der Waals surface area contributed by atoms with E-state index in [0.717, 1.165) is 16.7 Å². The number of fused-ring (bicyclic) bond motifs is 1. The first-order valence-corrected chi connectivity index (χ1v) is 8.21. The van der Waals surface area contributed by atoms with Gasteiger partial charge in [-0.2, -0.15) is 5.10 Å². The minimum atomic E-state index is -0.340. The number of methoxy groups -OCH3 is 1. The maximum atomic E-state index is 12.5. The molecular formula is C20H20N4O3. The molecule has 1 heterocycles. The van der Waals surface area contributed by atoms with Gasteiger partial charge in [0.1, 0.15) is 5.82 Å². The molecule has 0 fully saturated rings. The Labute approximate surface area is 156 Å². The van der Waals surface area contributed by atoms with Crippen molar-refractivity contribution in [3.05, 3.63) is 72.3 Å². The van der Waals surface area contributed by atoms with Crippen molar-refractivity contribution in [1.82, 2.24) is 5.43 Å². The highest BCUT2D eigenvalue weighted by Crippen LogP contribution is 2.28. The van der Waals surface area contributed by atoms with Crippen LogP contribution in [0.25, 0.3) is 11.0 Å². The maximum absolute atomic E-state index is 12.5. The van der Waals surface area contributed by atoms with Crippen LogP contribution in [0.5, 0.6) is 5.75 Å². The number of amides is 1. The van der Waals surface area contributed by atoms with Gasteiger partial charge in [0.05, 0.1) is 12.8 Å². The average molecular weight is 364 g/mol. The fourth-order valence-electron chi connectivity index (χ4n) is 2.52. The Balaban J connectivity index is 1.74. The van der Waals surface area contributed by atoms with Gasteiger partial charge in [-0.15, -0.1) is 0 Å². The van der Waals surface area contributed by atoms with Gasteiger partial charge in [0.2, 0.25) is 0 Å². The van der Waals surface area contributed by atoms with Gasteiger partial charge in [-0.3, -0.25) is 10.2 Å². The smallest absolute Gasteiger partial charge is 0.291 e. The topological polar surface area (TPSA) is 102 Å². The molecule has 1 aromatic heterocycles. The van der Waals surface area contributed by atoms with Gasteiger partial charge in [-0.25, -0.2) is 0 Å². The van der Waals surface area contributed by atoms with Crippen LogP contribution in [0.1, 0.15) is 23.0 Å². The summed E-state index contributed by atoms with van der Waals surface area (Å²) in [5.74, 6) is 0.717. The Morgan fingerprint density at radius 3 is 2.63 bits per heavy atom. The number of hydrazone groups is 1. The number of carbonyl (C=O) groups is 1. The van der Waals surface area contributed by atoms with Gasteiger partial charge in [-0.05, 0) is 36.8 Å². The lowest BCUT2D eigenvalue weighted by atomic mass is 10.1. The van der Waals surface area contributed by atoms with Gasteiger partial charge in [0.25, 0.3) is 5.91 Å². The minimum absolute atomic E-state index is 0.210. The first-order chi connectivity index (χ1) is 13.0. The van der Waals surface area contributed by atoms with Crippen molar-refractivity contribution in [2.75, 3.05) is 12.4 Å². The third kappa shape index (κ3) is 4.09. The summed E-state index contributed by atoms with van der Waals surface area (Å²) in [5.41, 5.74) is 10.8. The zero-order valence-electron chi connectivity index (χ0n) is 15.1. The quantitative estimate of drug-likeness (QED) is 0.459. The van der Waals surface area contributed by atoms with Crippen LogP contribution < -0.4 is 21.2 Å². The molecule has 3 aromatic rings. The monoisotopic (exact) mass is 364 g/mol. The van der Waals surface area contributed by atoms with Gasteiger partial charge in [-0.1, -0.05) is 30.8 Å². The number of ether oxygens (including phenoxy) is 1. The third-order valence-electron chi connectivity index (χ3n) is 3.88. The van der Waals surface area contributed by atoms with Gasteiger partial charge in [0.15, 0.2) is 17.1 Å². The molecule has 0 radical (unpaired) electrons. The summed E-state index contributed by atoms with van der Waals surface area (Å²) < 4.78 is 10.9. The molecule has 0 unspecified atom stereocenters. The second kappa shape index (κ2) is 7.65. The molecule has 0 spiro atoms. The summed E-state index contributed by atoms with van der Waals surface area (Å²) in [6, 6.07) is 14.4. The molecule has 138 valence electrons. The predicted octanol–water partition coefficient (Wildman–Crippen LogP) is 3.44. The summed E-state index contributed by atoms with van der Waals surface area (Å²) in [6.45, 7) is 5.36. The van der Waals surface area contributed by atoms with Crippen LogP contribution >= 0.6 is 0 Å². The number of hydrogen-bond acceptors (Lipinski definition) is 6. The van der Waals surface area contributed by atoms with Crippen LogP contribution in [0.3, 0.4) is 0 Å². The molecule has 0 bridgehead atoms. The fourth-order valence-corrected chi connectivity index (χ4v) is 2.52. The molecule has 0 saturated carbocycles. The van der Waals surface area contributed by atoms with Crippen molar-refractivity contribution in [2.24, 2.45) is 10.8 Å². The van der Waals surface area contributed by atoms with E-state index in [1.165, 1.54) is 0 Å². The molecule has 7 nitrogen and oxygen atoms in total. The van der Waals surface area contributed by atoms with E-state index in [-0.39, 0.29) is 17.5 Å². The van der Waals surface area contributed by atoms with Crippen LogP contribution in [0.15, 0.2) is 70.4 Å². The summed E-state index contributed by atoms with van der Waals surface area (Å²) in [4.78, 5) is 12.5. The van der Waals surface area contributed by atoms with E-state index in [4.69, 9.17) is 14.9 Å². The van der Waals surface area contributed by atoms with E-state index < -0.39 is 0 Å². The number of hydrogen-bond donors (Lipinski definition) is 3. The standard InChI is InChI=1S/C20H20N4O3/c1-12(23-24-13(2)21)14-7-9-16(10-8-14)22-20(25)18-11-15-5-4-6-17(26-3)19(15)27-18/h4-11,24H,2,21H2,1,3H3,(H,22,25)/b23-12-. The second-order valence-electron chi connectivity index (χ2n) is 5.86. The molecule has 0 aliphatic rings. The Kier molecular flexibility index (Phi) is 5.12. The molecule has 0 aliphatic heterocycles. The van der Waals surface area contributed by atoms with Crippen LogP contribution in [0, 0.1) is 0 Å². The number of nitrogens with one attached hydrogen (secondary N) is 2. The van der Waals surface area contributed by atoms with Crippen LogP contribution in [0.2, 0.25) is 0 Å². The minimum Gasteiger partial charge on any atom is -0.493 e. The zero-order chi connectivity index (χ0) is 19.4.